The first-order valence-electron chi connectivity index (χ1n) is 4.11. The maximum Gasteiger partial charge on any atom is 0.252 e. The van der Waals surface area contributed by atoms with Crippen molar-refractivity contribution in [3.63, 3.8) is 0 Å². The molecule has 4 heteroatoms. The van der Waals surface area contributed by atoms with E-state index in [4.69, 9.17) is 27.9 Å². The van der Waals surface area contributed by atoms with Crippen LogP contribution in [0, 0.1) is 0 Å². The molecule has 0 atom stereocenters. The number of alkyl halides is 1. The largest absolute Gasteiger partial charge is 0.497 e. The summed E-state index contributed by atoms with van der Waals surface area (Å²) in [6.07, 6.45) is 0.604. The lowest BCUT2D eigenvalue weighted by Gasteiger charge is -2.06. The summed E-state index contributed by atoms with van der Waals surface area (Å²) in [4.78, 5) is 11.0. The van der Waals surface area contributed by atoms with Crippen molar-refractivity contribution < 1.29 is 9.53 Å². The first kappa shape index (κ1) is 11.3. The normalized spacial score (nSPS) is 9.93. The molecule has 0 aliphatic heterocycles. The number of carbonyl (C=O) groups excluding carboxylic acids is 1. The highest BCUT2D eigenvalue weighted by Crippen LogP contribution is 2.20. The summed E-state index contributed by atoms with van der Waals surface area (Å²) >= 11 is 11.0. The number of aryl methyl sites for hydroxylation is 1. The van der Waals surface area contributed by atoms with Crippen LogP contribution >= 0.6 is 23.2 Å². The van der Waals surface area contributed by atoms with Gasteiger partial charge in [-0.05, 0) is 41.8 Å². The molecule has 0 aliphatic rings. The molecule has 14 heavy (non-hydrogen) atoms. The van der Waals surface area contributed by atoms with E-state index in [1.165, 1.54) is 0 Å². The van der Waals surface area contributed by atoms with Gasteiger partial charge in [-0.2, -0.15) is 0 Å². The Bertz CT molecular complexity index is 337. The predicted octanol–water partition coefficient (Wildman–Crippen LogP) is 2.86. The molecule has 0 spiro atoms. The molecule has 0 aromatic heterocycles. The highest BCUT2D eigenvalue weighted by atomic mass is 35.5. The molecule has 0 unspecified atom stereocenters. The average molecular weight is 233 g/mol. The Kier molecular flexibility index (Phi) is 4.23. The van der Waals surface area contributed by atoms with Crippen LogP contribution in [-0.2, 0) is 6.42 Å². The highest BCUT2D eigenvalue weighted by molar-refractivity contribution is 6.67. The van der Waals surface area contributed by atoms with E-state index < -0.39 is 5.24 Å². The zero-order valence-electron chi connectivity index (χ0n) is 7.72. The number of hydrogen-bond acceptors (Lipinski definition) is 2. The second-order valence-corrected chi connectivity index (χ2v) is 3.46. The summed E-state index contributed by atoms with van der Waals surface area (Å²) in [6, 6.07) is 5.13. The Hall–Kier alpha value is -0.730. The monoisotopic (exact) mass is 232 g/mol. The molecule has 0 heterocycles. The van der Waals surface area contributed by atoms with Crippen molar-refractivity contribution in [1.29, 1.82) is 0 Å². The quantitative estimate of drug-likeness (QED) is 0.590. The van der Waals surface area contributed by atoms with Gasteiger partial charge < -0.3 is 4.74 Å². The van der Waals surface area contributed by atoms with Crippen LogP contribution < -0.4 is 4.74 Å². The minimum atomic E-state index is -0.465. The maximum absolute atomic E-state index is 11.0. The number of benzene rings is 1. The van der Waals surface area contributed by atoms with E-state index in [9.17, 15) is 4.79 Å². The molecular weight excluding hydrogens is 223 g/mol. The predicted molar refractivity (Wildman–Crippen MR) is 57.6 cm³/mol. The third kappa shape index (κ3) is 2.63. The maximum atomic E-state index is 11.0. The van der Waals surface area contributed by atoms with Crippen molar-refractivity contribution >= 4 is 28.4 Å². The van der Waals surface area contributed by atoms with Crippen LogP contribution in [0.25, 0.3) is 0 Å². The van der Waals surface area contributed by atoms with E-state index in [1.807, 2.05) is 0 Å². The Morgan fingerprint density at radius 2 is 2.21 bits per heavy atom. The smallest absolute Gasteiger partial charge is 0.252 e. The van der Waals surface area contributed by atoms with Crippen LogP contribution in [0.2, 0.25) is 0 Å². The Morgan fingerprint density at radius 1 is 1.50 bits per heavy atom. The summed E-state index contributed by atoms with van der Waals surface area (Å²) in [5.74, 6) is 1.15. The van der Waals surface area contributed by atoms with Gasteiger partial charge in [-0.25, -0.2) is 0 Å². The van der Waals surface area contributed by atoms with Gasteiger partial charge in [-0.3, -0.25) is 4.79 Å². The van der Waals surface area contributed by atoms with Crippen molar-refractivity contribution in [2.45, 2.75) is 6.42 Å². The third-order valence-corrected chi connectivity index (χ3v) is 2.28. The summed E-state index contributed by atoms with van der Waals surface area (Å²) in [6.45, 7) is 0. The Balaban J connectivity index is 3.10. The second kappa shape index (κ2) is 5.23. The van der Waals surface area contributed by atoms with Crippen LogP contribution in [0.1, 0.15) is 15.9 Å². The number of rotatable bonds is 4. The molecule has 0 radical (unpaired) electrons. The fourth-order valence-electron chi connectivity index (χ4n) is 1.20. The molecule has 0 bridgehead atoms. The standard InChI is InChI=1S/C10H10Cl2O2/c1-14-8-2-3-9(10(12)13)7(6-8)4-5-11/h2-3,6H,4-5H2,1H3. The van der Waals surface area contributed by atoms with Crippen LogP contribution in [-0.4, -0.2) is 18.2 Å². The van der Waals surface area contributed by atoms with E-state index in [0.717, 1.165) is 5.56 Å². The van der Waals surface area contributed by atoms with Crippen molar-refractivity contribution in [2.24, 2.45) is 0 Å². The lowest BCUT2D eigenvalue weighted by molar-refractivity contribution is 0.108. The minimum Gasteiger partial charge on any atom is -0.497 e. The van der Waals surface area contributed by atoms with E-state index in [1.54, 1.807) is 25.3 Å². The zero-order valence-corrected chi connectivity index (χ0v) is 9.23. The summed E-state index contributed by atoms with van der Waals surface area (Å²) in [5.41, 5.74) is 1.31. The lowest BCUT2D eigenvalue weighted by atomic mass is 10.1. The van der Waals surface area contributed by atoms with E-state index in [-0.39, 0.29) is 0 Å². The van der Waals surface area contributed by atoms with Crippen molar-refractivity contribution in [3.05, 3.63) is 29.3 Å². The lowest BCUT2D eigenvalue weighted by Crippen LogP contribution is -1.99. The molecular formula is C10H10Cl2O2. The van der Waals surface area contributed by atoms with E-state index >= 15 is 0 Å². The average Bonchev–Trinajstić information content (AvgIpc) is 2.17. The van der Waals surface area contributed by atoms with Gasteiger partial charge in [0.2, 0.25) is 0 Å². The van der Waals surface area contributed by atoms with Gasteiger partial charge in [0, 0.05) is 11.4 Å². The Morgan fingerprint density at radius 3 is 2.71 bits per heavy atom. The SMILES string of the molecule is COc1ccc(C(=O)Cl)c(CCCl)c1. The molecule has 0 saturated carbocycles. The summed E-state index contributed by atoms with van der Waals surface area (Å²) in [7, 11) is 1.57. The molecule has 0 saturated heterocycles. The number of methoxy groups -OCH3 is 1. The van der Waals surface area contributed by atoms with Crippen LogP contribution in [0.3, 0.4) is 0 Å². The topological polar surface area (TPSA) is 26.3 Å². The van der Waals surface area contributed by atoms with Gasteiger partial charge in [0.1, 0.15) is 5.75 Å². The van der Waals surface area contributed by atoms with Gasteiger partial charge >= 0.3 is 0 Å². The van der Waals surface area contributed by atoms with Crippen LogP contribution in [0.15, 0.2) is 18.2 Å². The zero-order chi connectivity index (χ0) is 10.6. The summed E-state index contributed by atoms with van der Waals surface area (Å²) in [5, 5.41) is -0.465. The molecule has 0 N–H and O–H groups in total. The molecule has 76 valence electrons. The fraction of sp³-hybridized carbons (Fsp3) is 0.300. The fourth-order valence-corrected chi connectivity index (χ4v) is 1.59. The Labute approximate surface area is 92.8 Å². The molecule has 1 aromatic rings. The first-order chi connectivity index (χ1) is 6.69. The van der Waals surface area contributed by atoms with Gasteiger partial charge in [0.05, 0.1) is 7.11 Å². The van der Waals surface area contributed by atoms with Crippen LogP contribution in [0.4, 0.5) is 0 Å². The van der Waals surface area contributed by atoms with Gasteiger partial charge in [0.15, 0.2) is 0 Å². The van der Waals surface area contributed by atoms with E-state index in [0.29, 0.717) is 23.6 Å². The number of carbonyl (C=O) groups is 1. The number of hydrogen-bond donors (Lipinski definition) is 0. The molecule has 1 aromatic carbocycles. The summed E-state index contributed by atoms with van der Waals surface area (Å²) < 4.78 is 5.04. The molecule has 2 nitrogen and oxygen atoms in total. The van der Waals surface area contributed by atoms with Gasteiger partial charge in [-0.15, -0.1) is 11.6 Å². The van der Waals surface area contributed by atoms with Gasteiger partial charge in [0.25, 0.3) is 5.24 Å². The molecule has 1 rings (SSSR count). The minimum absolute atomic E-state index is 0.449. The third-order valence-electron chi connectivity index (χ3n) is 1.89. The van der Waals surface area contributed by atoms with Gasteiger partial charge in [-0.1, -0.05) is 0 Å². The second-order valence-electron chi connectivity index (χ2n) is 2.74. The van der Waals surface area contributed by atoms with E-state index in [2.05, 4.69) is 0 Å². The molecule has 0 amide bonds. The highest BCUT2D eigenvalue weighted by Gasteiger charge is 2.09. The first-order valence-corrected chi connectivity index (χ1v) is 5.03. The molecule has 0 aliphatic carbocycles. The van der Waals surface area contributed by atoms with Crippen molar-refractivity contribution in [1.82, 2.24) is 0 Å². The number of halogens is 2. The number of ether oxygens (including phenoxy) is 1. The van der Waals surface area contributed by atoms with Crippen LogP contribution in [0.5, 0.6) is 5.75 Å². The van der Waals surface area contributed by atoms with Crippen molar-refractivity contribution in [2.75, 3.05) is 13.0 Å². The van der Waals surface area contributed by atoms with Crippen molar-refractivity contribution in [3.8, 4) is 5.75 Å². The molecule has 0 fully saturated rings.